The molecular weight excluding hydrogens is 424 g/mol. The summed E-state index contributed by atoms with van der Waals surface area (Å²) in [5, 5.41) is 10.8. The summed E-state index contributed by atoms with van der Waals surface area (Å²) in [7, 11) is 0. The average molecular weight is 447 g/mol. The number of phenols is 1. The van der Waals surface area contributed by atoms with E-state index in [4.69, 9.17) is 4.42 Å². The Hall–Kier alpha value is -4.38. The van der Waals surface area contributed by atoms with Gasteiger partial charge in [0.2, 0.25) is 5.91 Å². The fraction of sp³-hybridized carbons (Fsp3) is 0.103. The first-order valence-electron chi connectivity index (χ1n) is 11.2. The molecule has 0 saturated heterocycles. The first-order valence-corrected chi connectivity index (χ1v) is 11.2. The third-order valence-electron chi connectivity index (χ3n) is 6.41. The average Bonchev–Trinajstić information content (AvgIpc) is 3.35. The van der Waals surface area contributed by atoms with Gasteiger partial charge in [0, 0.05) is 24.2 Å². The molecule has 0 saturated carbocycles. The predicted molar refractivity (Wildman–Crippen MR) is 132 cm³/mol. The Bertz CT molecular complexity index is 1520. The van der Waals surface area contributed by atoms with Gasteiger partial charge in [0.25, 0.3) is 0 Å². The van der Waals surface area contributed by atoms with Crippen LogP contribution in [0.2, 0.25) is 0 Å². The van der Waals surface area contributed by atoms with Crippen LogP contribution < -0.4 is 4.90 Å². The van der Waals surface area contributed by atoms with Crippen molar-refractivity contribution in [2.24, 2.45) is 0 Å². The van der Waals surface area contributed by atoms with Gasteiger partial charge in [0.15, 0.2) is 11.5 Å². The standard InChI is InChI=1S/C29H22N2O3/c1-18-30-24-16-26(32)23(15-27(24)34-18)28-22-9-5-6-10-25(22)31(29(28)33)17-19-11-13-21(14-12-19)20-7-3-2-4-8-20/h2-16,28,32H,17H2,1H3. The molecule has 166 valence electrons. The topological polar surface area (TPSA) is 66.6 Å². The minimum atomic E-state index is -0.602. The molecule has 1 unspecified atom stereocenters. The molecule has 2 heterocycles. The predicted octanol–water partition coefficient (Wildman–Crippen LogP) is 6.19. The number of carbonyl (C=O) groups is 1. The lowest BCUT2D eigenvalue weighted by Crippen LogP contribution is -2.28. The molecule has 1 N–H and O–H groups in total. The molecular formula is C29H22N2O3. The molecule has 1 aromatic heterocycles. The third-order valence-corrected chi connectivity index (χ3v) is 6.41. The molecule has 6 rings (SSSR count). The van der Waals surface area contributed by atoms with Crippen LogP contribution in [0, 0.1) is 6.92 Å². The molecule has 1 amide bonds. The van der Waals surface area contributed by atoms with Crippen LogP contribution in [0.5, 0.6) is 5.75 Å². The summed E-state index contributed by atoms with van der Waals surface area (Å²) in [6.45, 7) is 2.21. The first kappa shape index (κ1) is 20.2. The zero-order valence-electron chi connectivity index (χ0n) is 18.6. The summed E-state index contributed by atoms with van der Waals surface area (Å²) in [5.41, 5.74) is 6.73. The van der Waals surface area contributed by atoms with Crippen LogP contribution in [0.1, 0.15) is 28.5 Å². The zero-order chi connectivity index (χ0) is 23.2. The lowest BCUT2D eigenvalue weighted by molar-refractivity contribution is -0.118. The van der Waals surface area contributed by atoms with Crippen molar-refractivity contribution in [3.8, 4) is 16.9 Å². The molecule has 0 fully saturated rings. The molecule has 4 aromatic carbocycles. The Labute approximate surface area is 196 Å². The Morgan fingerprint density at radius 3 is 2.38 bits per heavy atom. The van der Waals surface area contributed by atoms with E-state index in [-0.39, 0.29) is 11.7 Å². The summed E-state index contributed by atoms with van der Waals surface area (Å²) in [4.78, 5) is 19.8. The highest BCUT2D eigenvalue weighted by molar-refractivity contribution is 6.07. The maximum atomic E-state index is 13.7. The van der Waals surface area contributed by atoms with Crippen molar-refractivity contribution >= 4 is 22.7 Å². The highest BCUT2D eigenvalue weighted by Gasteiger charge is 2.39. The summed E-state index contributed by atoms with van der Waals surface area (Å²) >= 11 is 0. The van der Waals surface area contributed by atoms with Gasteiger partial charge in [-0.3, -0.25) is 4.79 Å². The second kappa shape index (κ2) is 7.89. The molecule has 0 aliphatic carbocycles. The van der Waals surface area contributed by atoms with Crippen LogP contribution in [0.3, 0.4) is 0 Å². The fourth-order valence-corrected chi connectivity index (χ4v) is 4.79. The Morgan fingerprint density at radius 1 is 0.882 bits per heavy atom. The lowest BCUT2D eigenvalue weighted by Gasteiger charge is -2.19. The molecule has 5 heteroatoms. The van der Waals surface area contributed by atoms with E-state index in [2.05, 4.69) is 41.4 Å². The van der Waals surface area contributed by atoms with Crippen LogP contribution in [0.4, 0.5) is 5.69 Å². The maximum absolute atomic E-state index is 13.7. The van der Waals surface area contributed by atoms with Gasteiger partial charge in [-0.15, -0.1) is 0 Å². The van der Waals surface area contributed by atoms with E-state index in [0.29, 0.717) is 29.1 Å². The van der Waals surface area contributed by atoms with Gasteiger partial charge in [-0.25, -0.2) is 4.98 Å². The van der Waals surface area contributed by atoms with Gasteiger partial charge in [-0.05, 0) is 34.4 Å². The van der Waals surface area contributed by atoms with E-state index < -0.39 is 5.92 Å². The number of aryl methyl sites for hydroxylation is 1. The number of rotatable bonds is 4. The molecule has 0 spiro atoms. The van der Waals surface area contributed by atoms with Crippen molar-refractivity contribution in [2.75, 3.05) is 4.90 Å². The number of aromatic nitrogens is 1. The van der Waals surface area contributed by atoms with E-state index in [9.17, 15) is 9.90 Å². The van der Waals surface area contributed by atoms with Gasteiger partial charge in [0.05, 0.1) is 12.5 Å². The quantitative estimate of drug-likeness (QED) is 0.358. The fourth-order valence-electron chi connectivity index (χ4n) is 4.79. The van der Waals surface area contributed by atoms with Crippen LogP contribution in [0.15, 0.2) is 95.4 Å². The highest BCUT2D eigenvalue weighted by Crippen LogP contribution is 2.45. The first-order chi connectivity index (χ1) is 16.6. The number of oxazole rings is 1. The minimum absolute atomic E-state index is 0.0445. The summed E-state index contributed by atoms with van der Waals surface area (Å²) in [6, 6.07) is 29.6. The van der Waals surface area contributed by atoms with Crippen molar-refractivity contribution in [1.29, 1.82) is 0 Å². The number of hydrogen-bond acceptors (Lipinski definition) is 4. The maximum Gasteiger partial charge on any atom is 0.239 e. The highest BCUT2D eigenvalue weighted by atomic mass is 16.3. The van der Waals surface area contributed by atoms with Crippen LogP contribution in [-0.2, 0) is 11.3 Å². The number of phenolic OH excluding ortho intramolecular Hbond substituents is 1. The van der Waals surface area contributed by atoms with Crippen LogP contribution >= 0.6 is 0 Å². The van der Waals surface area contributed by atoms with E-state index in [1.54, 1.807) is 24.0 Å². The second-order valence-electron chi connectivity index (χ2n) is 8.59. The number of carbonyl (C=O) groups excluding carboxylic acids is 1. The smallest absolute Gasteiger partial charge is 0.239 e. The Balaban J connectivity index is 1.35. The van der Waals surface area contributed by atoms with Gasteiger partial charge in [-0.2, -0.15) is 0 Å². The molecule has 1 aliphatic heterocycles. The second-order valence-corrected chi connectivity index (χ2v) is 8.59. The largest absolute Gasteiger partial charge is 0.508 e. The van der Waals surface area contributed by atoms with E-state index in [0.717, 1.165) is 27.9 Å². The van der Waals surface area contributed by atoms with Crippen molar-refractivity contribution in [2.45, 2.75) is 19.4 Å². The minimum Gasteiger partial charge on any atom is -0.508 e. The lowest BCUT2D eigenvalue weighted by atomic mass is 9.91. The number of amides is 1. The molecule has 5 nitrogen and oxygen atoms in total. The number of anilines is 1. The van der Waals surface area contributed by atoms with Gasteiger partial charge in [0.1, 0.15) is 11.3 Å². The summed E-state index contributed by atoms with van der Waals surface area (Å²) in [6.07, 6.45) is 0. The Morgan fingerprint density at radius 2 is 1.59 bits per heavy atom. The molecule has 0 radical (unpaired) electrons. The van der Waals surface area contributed by atoms with Crippen molar-refractivity contribution in [1.82, 2.24) is 4.98 Å². The van der Waals surface area contributed by atoms with Crippen LogP contribution in [-0.4, -0.2) is 16.0 Å². The third kappa shape index (κ3) is 3.33. The molecule has 1 aliphatic rings. The molecule has 5 aromatic rings. The Kier molecular flexibility index (Phi) is 4.69. The number of fused-ring (bicyclic) bond motifs is 2. The number of hydrogen-bond donors (Lipinski definition) is 1. The normalized spacial score (nSPS) is 15.1. The van der Waals surface area contributed by atoms with Crippen molar-refractivity contribution in [3.05, 3.63) is 114 Å². The van der Waals surface area contributed by atoms with Gasteiger partial charge in [-0.1, -0.05) is 72.8 Å². The number of nitrogens with zero attached hydrogens (tertiary/aromatic N) is 2. The number of aromatic hydroxyl groups is 1. The number of benzene rings is 4. The zero-order valence-corrected chi connectivity index (χ0v) is 18.6. The molecule has 0 bridgehead atoms. The van der Waals surface area contributed by atoms with Crippen molar-refractivity contribution in [3.63, 3.8) is 0 Å². The number of para-hydroxylation sites is 1. The molecule has 1 atom stereocenters. The monoisotopic (exact) mass is 446 g/mol. The molecule has 34 heavy (non-hydrogen) atoms. The van der Waals surface area contributed by atoms with E-state index in [1.807, 2.05) is 42.5 Å². The van der Waals surface area contributed by atoms with E-state index >= 15 is 0 Å². The summed E-state index contributed by atoms with van der Waals surface area (Å²) in [5.74, 6) is -0.109. The van der Waals surface area contributed by atoms with Gasteiger partial charge >= 0.3 is 0 Å². The summed E-state index contributed by atoms with van der Waals surface area (Å²) < 4.78 is 5.67. The van der Waals surface area contributed by atoms with Crippen LogP contribution in [0.25, 0.3) is 22.2 Å². The van der Waals surface area contributed by atoms with Crippen molar-refractivity contribution < 1.29 is 14.3 Å². The SMILES string of the molecule is Cc1nc2cc(O)c(C3C(=O)N(Cc4ccc(-c5ccccc5)cc4)c4ccccc43)cc2o1. The van der Waals surface area contributed by atoms with E-state index in [1.165, 1.54) is 0 Å². The van der Waals surface area contributed by atoms with Gasteiger partial charge < -0.3 is 14.4 Å².